The number of hydrogen-bond acceptors (Lipinski definition) is 6. The zero-order valence-corrected chi connectivity index (χ0v) is 14.9. The fourth-order valence-corrected chi connectivity index (χ4v) is 2.35. The Morgan fingerprint density at radius 2 is 1.48 bits per heavy atom. The monoisotopic (exact) mass is 362 g/mol. The van der Waals surface area contributed by atoms with Gasteiger partial charge in [0.25, 0.3) is 5.56 Å². The summed E-state index contributed by atoms with van der Waals surface area (Å²) in [7, 11) is 2.92. The molecule has 0 atom stereocenters. The molecule has 1 heterocycles. The molecule has 0 bridgehead atoms. The Balaban J connectivity index is 2.01. The van der Waals surface area contributed by atoms with E-state index in [4.69, 9.17) is 0 Å². The normalized spacial score (nSPS) is 11.3. The predicted octanol–water partition coefficient (Wildman–Crippen LogP) is 2.95. The van der Waals surface area contributed by atoms with Crippen LogP contribution in [0.1, 0.15) is 5.56 Å². The van der Waals surface area contributed by atoms with Crippen molar-refractivity contribution in [3.05, 3.63) is 87.1 Å². The van der Waals surface area contributed by atoms with E-state index in [9.17, 15) is 9.59 Å². The average molecular weight is 362 g/mol. The van der Waals surface area contributed by atoms with Crippen molar-refractivity contribution in [2.45, 2.75) is 0 Å². The summed E-state index contributed by atoms with van der Waals surface area (Å²) in [6.45, 7) is 0. The highest BCUT2D eigenvalue weighted by atomic mass is 16.2. The van der Waals surface area contributed by atoms with E-state index < -0.39 is 11.2 Å². The third-order valence-corrected chi connectivity index (χ3v) is 3.85. The number of benzene rings is 2. The van der Waals surface area contributed by atoms with Crippen LogP contribution >= 0.6 is 0 Å². The van der Waals surface area contributed by atoms with Crippen LogP contribution in [0.4, 0.5) is 17.2 Å². The molecule has 0 saturated carbocycles. The molecule has 3 aromatic rings. The lowest BCUT2D eigenvalue weighted by Crippen LogP contribution is -2.37. The van der Waals surface area contributed by atoms with Gasteiger partial charge in [0.1, 0.15) is 0 Å². The maximum Gasteiger partial charge on any atom is 0.332 e. The van der Waals surface area contributed by atoms with Gasteiger partial charge in [-0.1, -0.05) is 48.5 Å². The maximum atomic E-state index is 12.5. The Morgan fingerprint density at radius 3 is 2.15 bits per heavy atom. The molecule has 136 valence electrons. The molecule has 0 fully saturated rings. The van der Waals surface area contributed by atoms with E-state index in [1.807, 2.05) is 48.5 Å². The minimum absolute atomic E-state index is 0.00587. The van der Waals surface area contributed by atoms with Crippen LogP contribution in [0, 0.1) is 0 Å². The first-order valence-electron chi connectivity index (χ1n) is 8.19. The summed E-state index contributed by atoms with van der Waals surface area (Å²) in [5.41, 5.74) is 3.14. The minimum Gasteiger partial charge on any atom is -0.280 e. The molecule has 0 radical (unpaired) electrons. The number of nitrogens with zero attached hydrogens (tertiary/aromatic N) is 5. The van der Waals surface area contributed by atoms with Crippen molar-refractivity contribution < 1.29 is 0 Å². The quantitative estimate of drug-likeness (QED) is 0.430. The molecule has 0 aliphatic rings. The van der Waals surface area contributed by atoms with Crippen LogP contribution in [0.25, 0.3) is 0 Å². The highest BCUT2D eigenvalue weighted by Crippen LogP contribution is 2.21. The van der Waals surface area contributed by atoms with Crippen molar-refractivity contribution in [1.29, 1.82) is 0 Å². The van der Waals surface area contributed by atoms with Gasteiger partial charge in [-0.05, 0) is 17.7 Å². The summed E-state index contributed by atoms with van der Waals surface area (Å²) in [6.07, 6.45) is 1.58. The number of hydrazone groups is 1. The fourth-order valence-electron chi connectivity index (χ4n) is 2.35. The molecule has 3 rings (SSSR count). The summed E-state index contributed by atoms with van der Waals surface area (Å²) in [4.78, 5) is 24.8. The molecular weight excluding hydrogens is 344 g/mol. The average Bonchev–Trinajstić information content (AvgIpc) is 2.71. The molecule has 8 heteroatoms. The zero-order valence-electron chi connectivity index (χ0n) is 14.9. The Hall–Kier alpha value is -3.81. The second-order valence-electron chi connectivity index (χ2n) is 5.72. The van der Waals surface area contributed by atoms with Gasteiger partial charge in [0.15, 0.2) is 11.5 Å². The van der Waals surface area contributed by atoms with Crippen LogP contribution in [0.5, 0.6) is 0 Å². The molecule has 0 spiro atoms. The first-order chi connectivity index (χ1) is 13.1. The van der Waals surface area contributed by atoms with Gasteiger partial charge in [-0.25, -0.2) is 4.79 Å². The summed E-state index contributed by atoms with van der Waals surface area (Å²) < 4.78 is 2.24. The zero-order chi connectivity index (χ0) is 19.2. The summed E-state index contributed by atoms with van der Waals surface area (Å²) in [5, 5.41) is 12.3. The number of azo groups is 1. The summed E-state index contributed by atoms with van der Waals surface area (Å²) >= 11 is 0. The van der Waals surface area contributed by atoms with Crippen molar-refractivity contribution in [2.75, 3.05) is 5.43 Å². The summed E-state index contributed by atoms with van der Waals surface area (Å²) in [5.74, 6) is 0.162. The van der Waals surface area contributed by atoms with E-state index >= 15 is 0 Å². The van der Waals surface area contributed by atoms with Gasteiger partial charge in [-0.3, -0.25) is 19.4 Å². The fraction of sp³-hybridized carbons (Fsp3) is 0.105. The number of nitrogens with one attached hydrogen (secondary N) is 1. The molecule has 0 aliphatic heterocycles. The van der Waals surface area contributed by atoms with Crippen LogP contribution in [0.2, 0.25) is 0 Å². The number of rotatable bonds is 5. The van der Waals surface area contributed by atoms with E-state index in [0.717, 1.165) is 10.1 Å². The molecule has 27 heavy (non-hydrogen) atoms. The third kappa shape index (κ3) is 4.06. The van der Waals surface area contributed by atoms with Gasteiger partial charge < -0.3 is 0 Å². The van der Waals surface area contributed by atoms with Crippen molar-refractivity contribution in [3.8, 4) is 0 Å². The van der Waals surface area contributed by atoms with Gasteiger partial charge in [-0.2, -0.15) is 10.2 Å². The van der Waals surface area contributed by atoms with E-state index in [1.165, 1.54) is 18.7 Å². The van der Waals surface area contributed by atoms with Gasteiger partial charge in [0, 0.05) is 14.1 Å². The molecule has 0 unspecified atom stereocenters. The van der Waals surface area contributed by atoms with Gasteiger partial charge >= 0.3 is 5.69 Å². The van der Waals surface area contributed by atoms with E-state index in [1.54, 1.807) is 18.3 Å². The van der Waals surface area contributed by atoms with Crippen molar-refractivity contribution in [2.24, 2.45) is 29.4 Å². The van der Waals surface area contributed by atoms with Crippen LogP contribution in [-0.2, 0) is 14.1 Å². The van der Waals surface area contributed by atoms with Crippen LogP contribution in [0.15, 0.2) is 85.6 Å². The molecule has 1 N–H and O–H groups in total. The lowest BCUT2D eigenvalue weighted by molar-refractivity contribution is 0.690. The van der Waals surface area contributed by atoms with Crippen LogP contribution < -0.4 is 16.7 Å². The smallest absolute Gasteiger partial charge is 0.280 e. The van der Waals surface area contributed by atoms with Crippen LogP contribution in [-0.4, -0.2) is 15.3 Å². The SMILES string of the molecule is Cn1c(N/N=C\c2ccccc2)c(N=Nc2ccccc2)c(=O)n(C)c1=O. The lowest BCUT2D eigenvalue weighted by atomic mass is 10.2. The van der Waals surface area contributed by atoms with Gasteiger partial charge in [-0.15, -0.1) is 5.11 Å². The first kappa shape index (κ1) is 18.0. The highest BCUT2D eigenvalue weighted by molar-refractivity contribution is 5.80. The lowest BCUT2D eigenvalue weighted by Gasteiger charge is -2.11. The number of aromatic nitrogens is 2. The Bertz CT molecular complexity index is 1100. The third-order valence-electron chi connectivity index (χ3n) is 3.85. The molecule has 2 aromatic carbocycles. The standard InChI is InChI=1S/C19H18N6O2/c1-24-17(23-20-13-14-9-5-3-6-10-14)16(18(26)25(2)19(24)27)22-21-15-11-7-4-8-12-15/h3-13,23H,1-2H3/b20-13-,22-21?. The Labute approximate surface area is 155 Å². The summed E-state index contributed by atoms with van der Waals surface area (Å²) in [6, 6.07) is 18.4. The predicted molar refractivity (Wildman–Crippen MR) is 105 cm³/mol. The Morgan fingerprint density at radius 1 is 0.852 bits per heavy atom. The maximum absolute atomic E-state index is 12.5. The van der Waals surface area contributed by atoms with E-state index in [2.05, 4.69) is 20.8 Å². The van der Waals surface area contributed by atoms with Gasteiger partial charge in [0.05, 0.1) is 11.9 Å². The molecular formula is C19H18N6O2. The number of anilines is 1. The molecule has 0 saturated heterocycles. The van der Waals surface area contributed by atoms with Crippen molar-refractivity contribution >= 4 is 23.4 Å². The molecule has 0 aliphatic carbocycles. The molecule has 0 amide bonds. The second-order valence-corrected chi connectivity index (χ2v) is 5.72. The van der Waals surface area contributed by atoms with Crippen LogP contribution in [0.3, 0.4) is 0 Å². The topological polar surface area (TPSA) is 93.1 Å². The Kier molecular flexibility index (Phi) is 5.36. The highest BCUT2D eigenvalue weighted by Gasteiger charge is 2.15. The van der Waals surface area contributed by atoms with Crippen molar-refractivity contribution in [3.63, 3.8) is 0 Å². The molecule has 8 nitrogen and oxygen atoms in total. The first-order valence-corrected chi connectivity index (χ1v) is 8.19. The molecule has 1 aromatic heterocycles. The minimum atomic E-state index is -0.560. The number of hydrogen-bond donors (Lipinski definition) is 1. The second kappa shape index (κ2) is 8.05. The van der Waals surface area contributed by atoms with Crippen molar-refractivity contribution in [1.82, 2.24) is 9.13 Å². The van der Waals surface area contributed by atoms with E-state index in [-0.39, 0.29) is 11.5 Å². The largest absolute Gasteiger partial charge is 0.332 e. The van der Waals surface area contributed by atoms with E-state index in [0.29, 0.717) is 5.69 Å². The van der Waals surface area contributed by atoms with Gasteiger partial charge in [0.2, 0.25) is 0 Å².